The lowest BCUT2D eigenvalue weighted by Gasteiger charge is -2.28. The summed E-state index contributed by atoms with van der Waals surface area (Å²) in [6, 6.07) is 15.7. The SMILES string of the molecule is COc1ccc(C(C)NC(=O)c2ccc(N3CCCCC3)cc2)cc1. The zero-order valence-electron chi connectivity index (χ0n) is 15.0. The second-order valence-electron chi connectivity index (χ2n) is 6.56. The monoisotopic (exact) mass is 338 g/mol. The molecule has 2 aromatic rings. The van der Waals surface area contributed by atoms with Crippen molar-refractivity contribution in [1.82, 2.24) is 5.32 Å². The average molecular weight is 338 g/mol. The second kappa shape index (κ2) is 8.06. The van der Waals surface area contributed by atoms with Gasteiger partial charge in [-0.25, -0.2) is 0 Å². The average Bonchev–Trinajstić information content (AvgIpc) is 2.68. The minimum Gasteiger partial charge on any atom is -0.497 e. The highest BCUT2D eigenvalue weighted by molar-refractivity contribution is 5.94. The van der Waals surface area contributed by atoms with E-state index in [1.165, 1.54) is 24.9 Å². The molecule has 1 saturated heterocycles. The third kappa shape index (κ3) is 4.32. The number of amides is 1. The molecule has 1 fully saturated rings. The van der Waals surface area contributed by atoms with Crippen LogP contribution in [0.4, 0.5) is 5.69 Å². The molecule has 4 nitrogen and oxygen atoms in total. The molecule has 1 aliphatic heterocycles. The Hall–Kier alpha value is -2.49. The third-order valence-electron chi connectivity index (χ3n) is 4.81. The number of nitrogens with one attached hydrogen (secondary N) is 1. The van der Waals surface area contributed by atoms with Gasteiger partial charge in [-0.15, -0.1) is 0 Å². The summed E-state index contributed by atoms with van der Waals surface area (Å²) in [5, 5.41) is 3.06. The van der Waals surface area contributed by atoms with Crippen LogP contribution in [0.2, 0.25) is 0 Å². The van der Waals surface area contributed by atoms with Gasteiger partial charge in [0.15, 0.2) is 0 Å². The predicted octanol–water partition coefficient (Wildman–Crippen LogP) is 4.18. The highest BCUT2D eigenvalue weighted by atomic mass is 16.5. The van der Waals surface area contributed by atoms with Crippen LogP contribution in [0.1, 0.15) is 48.1 Å². The van der Waals surface area contributed by atoms with Crippen molar-refractivity contribution in [2.45, 2.75) is 32.2 Å². The molecule has 1 unspecified atom stereocenters. The summed E-state index contributed by atoms with van der Waals surface area (Å²) in [4.78, 5) is 14.9. The Morgan fingerprint density at radius 1 is 1.00 bits per heavy atom. The van der Waals surface area contributed by atoms with Crippen LogP contribution in [0.15, 0.2) is 48.5 Å². The number of methoxy groups -OCH3 is 1. The number of carbonyl (C=O) groups excluding carboxylic acids is 1. The van der Waals surface area contributed by atoms with Gasteiger partial charge in [0.05, 0.1) is 13.2 Å². The Bertz CT molecular complexity index is 689. The molecule has 1 amide bonds. The lowest BCUT2D eigenvalue weighted by atomic mass is 10.1. The van der Waals surface area contributed by atoms with Crippen LogP contribution in [0.5, 0.6) is 5.75 Å². The van der Waals surface area contributed by atoms with Crippen LogP contribution in [0, 0.1) is 0 Å². The van der Waals surface area contributed by atoms with Crippen LogP contribution in [0.25, 0.3) is 0 Å². The van der Waals surface area contributed by atoms with E-state index < -0.39 is 0 Å². The van der Waals surface area contributed by atoms with Gasteiger partial charge in [-0.1, -0.05) is 12.1 Å². The normalized spacial score (nSPS) is 15.5. The summed E-state index contributed by atoms with van der Waals surface area (Å²) in [5.41, 5.74) is 2.96. The quantitative estimate of drug-likeness (QED) is 0.889. The van der Waals surface area contributed by atoms with Crippen LogP contribution in [-0.4, -0.2) is 26.1 Å². The maximum Gasteiger partial charge on any atom is 0.251 e. The molecular formula is C21H26N2O2. The second-order valence-corrected chi connectivity index (χ2v) is 6.56. The van der Waals surface area contributed by atoms with Crippen molar-refractivity contribution < 1.29 is 9.53 Å². The van der Waals surface area contributed by atoms with Gasteiger partial charge in [0.25, 0.3) is 5.91 Å². The molecule has 1 heterocycles. The van der Waals surface area contributed by atoms with Gasteiger partial charge in [0.1, 0.15) is 5.75 Å². The van der Waals surface area contributed by atoms with E-state index in [-0.39, 0.29) is 11.9 Å². The van der Waals surface area contributed by atoms with Crippen LogP contribution >= 0.6 is 0 Å². The first-order chi connectivity index (χ1) is 12.2. The molecule has 0 bridgehead atoms. The first kappa shape index (κ1) is 17.3. The standard InChI is InChI=1S/C21H26N2O2/c1-16(17-8-12-20(25-2)13-9-17)22-21(24)18-6-10-19(11-7-18)23-14-4-3-5-15-23/h6-13,16H,3-5,14-15H2,1-2H3,(H,22,24). The summed E-state index contributed by atoms with van der Waals surface area (Å²) in [6.07, 6.45) is 3.82. The summed E-state index contributed by atoms with van der Waals surface area (Å²) in [7, 11) is 1.65. The fourth-order valence-electron chi connectivity index (χ4n) is 3.23. The number of carbonyl (C=O) groups is 1. The van der Waals surface area contributed by atoms with Crippen LogP contribution < -0.4 is 15.0 Å². The Morgan fingerprint density at radius 3 is 2.24 bits per heavy atom. The Morgan fingerprint density at radius 2 is 1.64 bits per heavy atom. The molecule has 0 saturated carbocycles. The van der Waals surface area contributed by atoms with Crippen molar-refractivity contribution in [3.63, 3.8) is 0 Å². The summed E-state index contributed by atoms with van der Waals surface area (Å²) in [6.45, 7) is 4.21. The molecular weight excluding hydrogens is 312 g/mol. The highest BCUT2D eigenvalue weighted by Gasteiger charge is 2.14. The van der Waals surface area contributed by atoms with Crippen molar-refractivity contribution in [2.75, 3.05) is 25.1 Å². The minimum atomic E-state index is -0.0554. The number of nitrogens with zero attached hydrogens (tertiary/aromatic N) is 1. The molecule has 1 aliphatic rings. The van der Waals surface area contributed by atoms with Gasteiger partial charge in [-0.05, 0) is 68.1 Å². The number of ether oxygens (including phenoxy) is 1. The fourth-order valence-corrected chi connectivity index (χ4v) is 3.23. The Balaban J connectivity index is 1.61. The first-order valence-corrected chi connectivity index (χ1v) is 8.97. The van der Waals surface area contributed by atoms with Crippen LogP contribution in [-0.2, 0) is 0 Å². The number of anilines is 1. The maximum atomic E-state index is 12.5. The van der Waals surface area contributed by atoms with Gasteiger partial charge < -0.3 is 15.0 Å². The molecule has 2 aromatic carbocycles. The van der Waals surface area contributed by atoms with E-state index in [1.54, 1.807) is 7.11 Å². The third-order valence-corrected chi connectivity index (χ3v) is 4.81. The zero-order chi connectivity index (χ0) is 17.6. The van der Waals surface area contributed by atoms with Crippen molar-refractivity contribution in [2.24, 2.45) is 0 Å². The number of benzene rings is 2. The summed E-state index contributed by atoms with van der Waals surface area (Å²) < 4.78 is 5.17. The van der Waals surface area contributed by atoms with Gasteiger partial charge in [0, 0.05) is 24.3 Å². The molecule has 1 atom stereocenters. The van der Waals surface area contributed by atoms with E-state index in [0.29, 0.717) is 5.56 Å². The van der Waals surface area contributed by atoms with Crippen molar-refractivity contribution >= 4 is 11.6 Å². The van der Waals surface area contributed by atoms with E-state index in [0.717, 1.165) is 24.4 Å². The number of hydrogen-bond acceptors (Lipinski definition) is 3. The van der Waals surface area contributed by atoms with E-state index in [9.17, 15) is 4.79 Å². The van der Waals surface area contributed by atoms with E-state index in [4.69, 9.17) is 4.74 Å². The summed E-state index contributed by atoms with van der Waals surface area (Å²) >= 11 is 0. The lowest BCUT2D eigenvalue weighted by Crippen LogP contribution is -2.29. The van der Waals surface area contributed by atoms with Gasteiger partial charge in [-0.3, -0.25) is 4.79 Å². The predicted molar refractivity (Wildman–Crippen MR) is 101 cm³/mol. The zero-order valence-corrected chi connectivity index (χ0v) is 15.0. The molecule has 0 radical (unpaired) electrons. The van der Waals surface area contributed by atoms with Crippen LogP contribution in [0.3, 0.4) is 0 Å². The Kier molecular flexibility index (Phi) is 5.59. The van der Waals surface area contributed by atoms with Gasteiger partial charge in [-0.2, -0.15) is 0 Å². The smallest absolute Gasteiger partial charge is 0.251 e. The molecule has 1 N–H and O–H groups in total. The molecule has 0 aliphatic carbocycles. The number of piperidine rings is 1. The van der Waals surface area contributed by atoms with Crippen molar-refractivity contribution in [3.8, 4) is 5.75 Å². The lowest BCUT2D eigenvalue weighted by molar-refractivity contribution is 0.0940. The van der Waals surface area contributed by atoms with Crippen molar-refractivity contribution in [3.05, 3.63) is 59.7 Å². The van der Waals surface area contributed by atoms with E-state index in [1.807, 2.05) is 43.3 Å². The van der Waals surface area contributed by atoms with Gasteiger partial charge in [0.2, 0.25) is 0 Å². The molecule has 3 rings (SSSR count). The maximum absolute atomic E-state index is 12.5. The molecule has 132 valence electrons. The fraction of sp³-hybridized carbons (Fsp3) is 0.381. The topological polar surface area (TPSA) is 41.6 Å². The number of hydrogen-bond donors (Lipinski definition) is 1. The molecule has 25 heavy (non-hydrogen) atoms. The first-order valence-electron chi connectivity index (χ1n) is 8.97. The summed E-state index contributed by atoms with van der Waals surface area (Å²) in [5.74, 6) is 0.768. The van der Waals surface area contributed by atoms with E-state index in [2.05, 4.69) is 22.3 Å². The minimum absolute atomic E-state index is 0.0477. The number of rotatable bonds is 5. The largest absolute Gasteiger partial charge is 0.497 e. The Labute approximate surface area is 149 Å². The van der Waals surface area contributed by atoms with Gasteiger partial charge >= 0.3 is 0 Å². The highest BCUT2D eigenvalue weighted by Crippen LogP contribution is 2.21. The molecule has 0 spiro atoms. The van der Waals surface area contributed by atoms with Crippen molar-refractivity contribution in [1.29, 1.82) is 0 Å². The molecule has 4 heteroatoms. The van der Waals surface area contributed by atoms with E-state index >= 15 is 0 Å². The molecule has 0 aromatic heterocycles.